The van der Waals surface area contributed by atoms with Crippen LogP contribution in [0, 0.1) is 15.5 Å². The van der Waals surface area contributed by atoms with Crippen molar-refractivity contribution in [3.63, 3.8) is 0 Å². The summed E-state index contributed by atoms with van der Waals surface area (Å²) in [6.07, 6.45) is 0.774. The third-order valence-electron chi connectivity index (χ3n) is 3.71. The van der Waals surface area contributed by atoms with E-state index in [4.69, 9.17) is 0 Å². The molecule has 8 heteroatoms. The first-order valence-corrected chi connectivity index (χ1v) is 8.08. The number of nitrogens with zero attached hydrogens (tertiary/aromatic N) is 2. The second-order valence-corrected chi connectivity index (χ2v) is 7.85. The van der Waals surface area contributed by atoms with Gasteiger partial charge in [-0.1, -0.05) is 13.8 Å². The van der Waals surface area contributed by atoms with Gasteiger partial charge in [0.25, 0.3) is 5.69 Å². The predicted octanol–water partition coefficient (Wildman–Crippen LogP) is 2.06. The van der Waals surface area contributed by atoms with Crippen molar-refractivity contribution in [2.75, 3.05) is 25.5 Å². The Morgan fingerprint density at radius 2 is 2.05 bits per heavy atom. The van der Waals surface area contributed by atoms with Crippen molar-refractivity contribution in [1.82, 2.24) is 4.31 Å². The van der Waals surface area contributed by atoms with E-state index >= 15 is 0 Å². The van der Waals surface area contributed by atoms with Crippen LogP contribution < -0.4 is 5.32 Å². The molecule has 1 aliphatic heterocycles. The molecule has 0 aromatic heterocycles. The van der Waals surface area contributed by atoms with Gasteiger partial charge in [-0.25, -0.2) is 8.42 Å². The highest BCUT2D eigenvalue weighted by Crippen LogP contribution is 2.35. The highest BCUT2D eigenvalue weighted by molar-refractivity contribution is 7.89. The maximum atomic E-state index is 12.7. The molecule has 1 aromatic carbocycles. The minimum absolute atomic E-state index is 0.0445. The van der Waals surface area contributed by atoms with Crippen molar-refractivity contribution < 1.29 is 13.3 Å². The van der Waals surface area contributed by atoms with Gasteiger partial charge in [-0.3, -0.25) is 10.1 Å². The van der Waals surface area contributed by atoms with E-state index in [1.165, 1.54) is 16.4 Å². The third kappa shape index (κ3) is 3.01. The zero-order valence-electron chi connectivity index (χ0n) is 12.3. The maximum Gasteiger partial charge on any atom is 0.270 e. The van der Waals surface area contributed by atoms with Gasteiger partial charge in [0.1, 0.15) is 4.90 Å². The van der Waals surface area contributed by atoms with Crippen LogP contribution >= 0.6 is 0 Å². The van der Waals surface area contributed by atoms with E-state index in [9.17, 15) is 18.5 Å². The van der Waals surface area contributed by atoms with E-state index in [2.05, 4.69) is 5.32 Å². The van der Waals surface area contributed by atoms with Crippen molar-refractivity contribution in [2.45, 2.75) is 25.2 Å². The van der Waals surface area contributed by atoms with Gasteiger partial charge in [0.2, 0.25) is 10.0 Å². The maximum absolute atomic E-state index is 12.7. The summed E-state index contributed by atoms with van der Waals surface area (Å²) in [5, 5.41) is 13.7. The Hall–Kier alpha value is -1.67. The zero-order chi connectivity index (χ0) is 15.8. The van der Waals surface area contributed by atoms with Crippen molar-refractivity contribution >= 4 is 21.4 Å². The van der Waals surface area contributed by atoms with Crippen LogP contribution in [0.25, 0.3) is 0 Å². The quantitative estimate of drug-likeness (QED) is 0.678. The largest absolute Gasteiger partial charge is 0.387 e. The minimum atomic E-state index is -3.74. The molecule has 1 aromatic rings. The van der Waals surface area contributed by atoms with Gasteiger partial charge >= 0.3 is 0 Å². The summed E-state index contributed by atoms with van der Waals surface area (Å²) in [4.78, 5) is 10.2. The van der Waals surface area contributed by atoms with Crippen LogP contribution in [0.5, 0.6) is 0 Å². The fourth-order valence-corrected chi connectivity index (χ4v) is 4.30. The van der Waals surface area contributed by atoms with Crippen LogP contribution in [0.2, 0.25) is 0 Å². The molecule has 21 heavy (non-hydrogen) atoms. The Bertz CT molecular complexity index is 670. The van der Waals surface area contributed by atoms with Gasteiger partial charge in [0, 0.05) is 32.3 Å². The molecule has 0 amide bonds. The molecule has 0 atom stereocenters. The molecule has 0 radical (unpaired) electrons. The van der Waals surface area contributed by atoms with Gasteiger partial charge in [-0.15, -0.1) is 0 Å². The van der Waals surface area contributed by atoms with Crippen LogP contribution in [0.3, 0.4) is 0 Å². The third-order valence-corrected chi connectivity index (χ3v) is 5.59. The Morgan fingerprint density at radius 1 is 1.38 bits per heavy atom. The van der Waals surface area contributed by atoms with Gasteiger partial charge < -0.3 is 5.32 Å². The summed E-state index contributed by atoms with van der Waals surface area (Å²) in [7, 11) is -2.15. The lowest BCUT2D eigenvalue weighted by atomic mass is 9.93. The molecule has 1 saturated heterocycles. The standard InChI is InChI=1S/C13H19N3O4S/c1-13(2)6-7-15(9-13)21(19,20)12-8-10(16(17)18)4-5-11(12)14-3/h4-5,8,14H,6-7,9H2,1-3H3. The summed E-state index contributed by atoms with van der Waals surface area (Å²) < 4.78 is 26.9. The smallest absolute Gasteiger partial charge is 0.270 e. The van der Waals surface area contributed by atoms with Gasteiger partial charge in [0.05, 0.1) is 10.6 Å². The highest BCUT2D eigenvalue weighted by atomic mass is 32.2. The minimum Gasteiger partial charge on any atom is -0.387 e. The summed E-state index contributed by atoms with van der Waals surface area (Å²) in [6, 6.07) is 3.83. The van der Waals surface area contributed by atoms with Crippen molar-refractivity contribution in [2.24, 2.45) is 5.41 Å². The average Bonchev–Trinajstić information content (AvgIpc) is 2.79. The fraction of sp³-hybridized carbons (Fsp3) is 0.538. The van der Waals surface area contributed by atoms with Crippen LogP contribution in [-0.2, 0) is 10.0 Å². The number of hydrogen-bond acceptors (Lipinski definition) is 5. The van der Waals surface area contributed by atoms with Crippen LogP contribution in [0.4, 0.5) is 11.4 Å². The van der Waals surface area contributed by atoms with Crippen molar-refractivity contribution in [3.05, 3.63) is 28.3 Å². The van der Waals surface area contributed by atoms with E-state index in [0.717, 1.165) is 12.5 Å². The Morgan fingerprint density at radius 3 is 2.52 bits per heavy atom. The lowest BCUT2D eigenvalue weighted by Crippen LogP contribution is -2.30. The number of anilines is 1. The second-order valence-electron chi connectivity index (χ2n) is 5.94. The molecule has 2 rings (SSSR count). The molecule has 0 saturated carbocycles. The lowest BCUT2D eigenvalue weighted by molar-refractivity contribution is -0.385. The summed E-state index contributed by atoms with van der Waals surface area (Å²) in [5.41, 5.74) is 0.0597. The summed E-state index contributed by atoms with van der Waals surface area (Å²) in [5.74, 6) is 0. The molecule has 0 aliphatic carbocycles. The molecule has 116 valence electrons. The normalized spacial score (nSPS) is 18.6. The molecule has 1 fully saturated rings. The topological polar surface area (TPSA) is 92.5 Å². The summed E-state index contributed by atoms with van der Waals surface area (Å²) in [6.45, 7) is 4.87. The number of non-ortho nitro benzene ring substituents is 1. The first-order valence-electron chi connectivity index (χ1n) is 6.64. The lowest BCUT2D eigenvalue weighted by Gasteiger charge is -2.21. The molecule has 1 N–H and O–H groups in total. The van der Waals surface area contributed by atoms with Crippen molar-refractivity contribution in [3.8, 4) is 0 Å². The van der Waals surface area contributed by atoms with Crippen molar-refractivity contribution in [1.29, 1.82) is 0 Å². The number of hydrogen-bond donors (Lipinski definition) is 1. The predicted molar refractivity (Wildman–Crippen MR) is 79.8 cm³/mol. The average molecular weight is 313 g/mol. The zero-order valence-corrected chi connectivity index (χ0v) is 13.1. The summed E-state index contributed by atoms with van der Waals surface area (Å²) >= 11 is 0. The van der Waals surface area contributed by atoms with E-state index in [0.29, 0.717) is 18.8 Å². The number of rotatable bonds is 4. The number of nitrogens with one attached hydrogen (secondary N) is 1. The monoisotopic (exact) mass is 313 g/mol. The van der Waals surface area contributed by atoms with Gasteiger partial charge in [-0.05, 0) is 17.9 Å². The second kappa shape index (κ2) is 5.27. The molecule has 0 unspecified atom stereocenters. The van der Waals surface area contributed by atoms with E-state index in [1.807, 2.05) is 13.8 Å². The fourth-order valence-electron chi connectivity index (χ4n) is 2.45. The molecule has 0 spiro atoms. The van der Waals surface area contributed by atoms with Crippen LogP contribution in [0.1, 0.15) is 20.3 Å². The Kier molecular flexibility index (Phi) is 3.94. The van der Waals surface area contributed by atoms with Crippen LogP contribution in [0.15, 0.2) is 23.1 Å². The van der Waals surface area contributed by atoms with E-state index < -0.39 is 14.9 Å². The van der Waals surface area contributed by atoms with Gasteiger partial charge in [-0.2, -0.15) is 4.31 Å². The molecule has 7 nitrogen and oxygen atoms in total. The number of nitro groups is 1. The SMILES string of the molecule is CNc1ccc([N+](=O)[O-])cc1S(=O)(=O)N1CCC(C)(C)C1. The van der Waals surface area contributed by atoms with E-state index in [1.54, 1.807) is 7.05 Å². The first kappa shape index (κ1) is 15.7. The molecular formula is C13H19N3O4S. The Balaban J connectivity index is 2.48. The molecule has 1 aliphatic rings. The van der Waals surface area contributed by atoms with E-state index in [-0.39, 0.29) is 16.0 Å². The number of benzene rings is 1. The highest BCUT2D eigenvalue weighted by Gasteiger charge is 2.38. The van der Waals surface area contributed by atoms with Crippen LogP contribution in [-0.4, -0.2) is 37.8 Å². The molecular weight excluding hydrogens is 294 g/mol. The van der Waals surface area contributed by atoms with Gasteiger partial charge in [0.15, 0.2) is 0 Å². The number of nitro benzene ring substituents is 1. The first-order chi connectivity index (χ1) is 9.67. The molecule has 1 heterocycles. The molecule has 0 bridgehead atoms. The number of sulfonamides is 1. The Labute approximate surface area is 124 Å².